The van der Waals surface area contributed by atoms with Gasteiger partial charge in [-0.1, -0.05) is 56.0 Å². The largest absolute Gasteiger partial charge is 0.485 e. The number of fused-ring (bicyclic) bond motifs is 1. The quantitative estimate of drug-likeness (QED) is 0.715. The number of benzene rings is 2. The standard InChI is InChI=1S/C20H21N2O/c1-2-8-18(9-3-1)23-20(12-15-6-4-5-7-15)16-10-11-17-14-21-22-19(17)13-16/h1-3,8,10-11,13-15,20H,4-7,12H2,(H,21,22)/t20-/m0/s1. The second kappa shape index (κ2) is 6.45. The van der Waals surface area contributed by atoms with E-state index in [9.17, 15) is 0 Å². The molecule has 1 aliphatic carbocycles. The molecular formula is C20H21N2O. The molecule has 23 heavy (non-hydrogen) atoms. The molecule has 2 aromatic carbocycles. The summed E-state index contributed by atoms with van der Waals surface area (Å²) in [6.45, 7) is 0. The smallest absolute Gasteiger partial charge is 0.128 e. The Morgan fingerprint density at radius 1 is 1.22 bits per heavy atom. The van der Waals surface area contributed by atoms with Crippen molar-refractivity contribution in [1.29, 1.82) is 0 Å². The number of para-hydroxylation sites is 1. The third-order valence-electron chi connectivity index (χ3n) is 4.81. The van der Waals surface area contributed by atoms with E-state index in [1.54, 1.807) is 0 Å². The van der Waals surface area contributed by atoms with Crippen LogP contribution in [0.5, 0.6) is 5.75 Å². The van der Waals surface area contributed by atoms with Gasteiger partial charge in [0.2, 0.25) is 0 Å². The molecule has 1 fully saturated rings. The van der Waals surface area contributed by atoms with Gasteiger partial charge in [-0.05, 0) is 30.0 Å². The predicted molar refractivity (Wildman–Crippen MR) is 91.3 cm³/mol. The fraction of sp³-hybridized carbons (Fsp3) is 0.350. The summed E-state index contributed by atoms with van der Waals surface area (Å²) in [5.41, 5.74) is 2.28. The maximum absolute atomic E-state index is 6.30. The van der Waals surface area contributed by atoms with Gasteiger partial charge in [-0.2, -0.15) is 5.10 Å². The van der Waals surface area contributed by atoms with Crippen LogP contribution in [0.2, 0.25) is 0 Å². The number of aromatic nitrogens is 2. The van der Waals surface area contributed by atoms with Crippen LogP contribution in [0.1, 0.15) is 43.8 Å². The van der Waals surface area contributed by atoms with E-state index in [2.05, 4.69) is 34.5 Å². The number of hydrogen-bond acceptors (Lipinski definition) is 2. The van der Waals surface area contributed by atoms with E-state index in [1.165, 1.54) is 31.2 Å². The van der Waals surface area contributed by atoms with Gasteiger partial charge in [0, 0.05) is 11.5 Å². The molecule has 117 valence electrons. The Hall–Kier alpha value is -2.29. The molecule has 3 heteroatoms. The molecule has 1 saturated carbocycles. The summed E-state index contributed by atoms with van der Waals surface area (Å²) in [5.74, 6) is 1.58. The average Bonchev–Trinajstić information content (AvgIpc) is 3.26. The number of H-pyrrole nitrogens is 1. The van der Waals surface area contributed by atoms with Gasteiger partial charge in [-0.25, -0.2) is 0 Å². The van der Waals surface area contributed by atoms with Gasteiger partial charge in [0.15, 0.2) is 0 Å². The predicted octanol–water partition coefficient (Wildman–Crippen LogP) is 5.06. The van der Waals surface area contributed by atoms with Crippen LogP contribution in [0, 0.1) is 12.0 Å². The molecule has 1 atom stereocenters. The van der Waals surface area contributed by atoms with Crippen LogP contribution in [0.3, 0.4) is 0 Å². The number of rotatable bonds is 5. The third kappa shape index (κ3) is 3.24. The van der Waals surface area contributed by atoms with Crippen molar-refractivity contribution in [3.63, 3.8) is 0 Å². The van der Waals surface area contributed by atoms with Crippen molar-refractivity contribution in [2.75, 3.05) is 0 Å². The topological polar surface area (TPSA) is 37.9 Å². The fourth-order valence-electron chi connectivity index (χ4n) is 3.56. The van der Waals surface area contributed by atoms with Crippen LogP contribution in [-0.2, 0) is 0 Å². The molecular weight excluding hydrogens is 284 g/mol. The fourth-order valence-corrected chi connectivity index (χ4v) is 3.56. The van der Waals surface area contributed by atoms with Gasteiger partial charge in [0.05, 0.1) is 11.7 Å². The average molecular weight is 305 g/mol. The first-order chi connectivity index (χ1) is 11.4. The molecule has 0 saturated heterocycles. The third-order valence-corrected chi connectivity index (χ3v) is 4.81. The lowest BCUT2D eigenvalue weighted by atomic mass is 9.95. The van der Waals surface area contributed by atoms with Gasteiger partial charge in [-0.3, -0.25) is 5.10 Å². The van der Waals surface area contributed by atoms with Crippen LogP contribution in [0.25, 0.3) is 10.9 Å². The van der Waals surface area contributed by atoms with Gasteiger partial charge >= 0.3 is 0 Å². The summed E-state index contributed by atoms with van der Waals surface area (Å²) in [6, 6.07) is 17.5. The number of ether oxygens (including phenoxy) is 1. The van der Waals surface area contributed by atoms with Gasteiger partial charge < -0.3 is 4.74 Å². The SMILES string of the molecule is [c]1ccccc1O[C@@H](CC1CCCC1)c1ccc2cn[nH]c2c1. The Kier molecular flexibility index (Phi) is 4.01. The normalized spacial score (nSPS) is 16.7. The van der Waals surface area contributed by atoms with Crippen molar-refractivity contribution in [2.24, 2.45) is 5.92 Å². The van der Waals surface area contributed by atoms with Gasteiger partial charge in [0.25, 0.3) is 0 Å². The Morgan fingerprint density at radius 2 is 2.13 bits per heavy atom. The molecule has 1 N–H and O–H groups in total. The van der Waals surface area contributed by atoms with Crippen molar-refractivity contribution < 1.29 is 4.74 Å². The van der Waals surface area contributed by atoms with E-state index < -0.39 is 0 Å². The summed E-state index contributed by atoms with van der Waals surface area (Å²) in [6.07, 6.45) is 8.36. The molecule has 1 aliphatic rings. The Balaban J connectivity index is 1.62. The van der Waals surface area contributed by atoms with Gasteiger partial charge in [0.1, 0.15) is 11.9 Å². The van der Waals surface area contributed by atoms with Gasteiger partial charge in [-0.15, -0.1) is 0 Å². The van der Waals surface area contributed by atoms with E-state index in [0.29, 0.717) is 0 Å². The monoisotopic (exact) mass is 305 g/mol. The minimum Gasteiger partial charge on any atom is -0.485 e. The minimum absolute atomic E-state index is 0.0736. The molecule has 1 heterocycles. The molecule has 3 nitrogen and oxygen atoms in total. The maximum Gasteiger partial charge on any atom is 0.128 e. The zero-order chi connectivity index (χ0) is 15.5. The molecule has 0 amide bonds. The van der Waals surface area contributed by atoms with E-state index in [4.69, 9.17) is 4.74 Å². The van der Waals surface area contributed by atoms with Crippen molar-refractivity contribution in [3.05, 3.63) is 60.3 Å². The summed E-state index contributed by atoms with van der Waals surface area (Å²) < 4.78 is 6.30. The first-order valence-corrected chi connectivity index (χ1v) is 8.45. The first-order valence-electron chi connectivity index (χ1n) is 8.45. The van der Waals surface area contributed by atoms with Crippen molar-refractivity contribution in [1.82, 2.24) is 10.2 Å². The van der Waals surface area contributed by atoms with Crippen LogP contribution >= 0.6 is 0 Å². The summed E-state index contributed by atoms with van der Waals surface area (Å²) >= 11 is 0. The Labute approximate surface area is 136 Å². The van der Waals surface area contributed by atoms with Crippen LogP contribution < -0.4 is 4.74 Å². The van der Waals surface area contributed by atoms with E-state index in [1.807, 2.05) is 30.5 Å². The van der Waals surface area contributed by atoms with E-state index in [0.717, 1.165) is 29.0 Å². The number of nitrogens with one attached hydrogen (secondary N) is 1. The maximum atomic E-state index is 6.30. The molecule has 3 aromatic rings. The highest BCUT2D eigenvalue weighted by Crippen LogP contribution is 2.36. The lowest BCUT2D eigenvalue weighted by Crippen LogP contribution is -2.12. The number of hydrogen-bond donors (Lipinski definition) is 1. The zero-order valence-electron chi connectivity index (χ0n) is 13.2. The summed E-state index contributed by atoms with van der Waals surface area (Å²) in [4.78, 5) is 0. The molecule has 0 aliphatic heterocycles. The second-order valence-electron chi connectivity index (χ2n) is 6.44. The zero-order valence-corrected chi connectivity index (χ0v) is 13.2. The molecule has 1 aromatic heterocycles. The Bertz CT molecular complexity index is 759. The second-order valence-corrected chi connectivity index (χ2v) is 6.44. The van der Waals surface area contributed by atoms with Crippen LogP contribution in [-0.4, -0.2) is 10.2 Å². The van der Waals surface area contributed by atoms with E-state index >= 15 is 0 Å². The highest BCUT2D eigenvalue weighted by Gasteiger charge is 2.23. The Morgan fingerprint density at radius 3 is 2.96 bits per heavy atom. The van der Waals surface area contributed by atoms with Crippen LogP contribution in [0.4, 0.5) is 0 Å². The highest BCUT2D eigenvalue weighted by molar-refractivity contribution is 5.78. The molecule has 0 spiro atoms. The summed E-state index contributed by atoms with van der Waals surface area (Å²) in [5, 5.41) is 8.31. The number of nitrogens with zero attached hydrogens (tertiary/aromatic N) is 1. The molecule has 4 rings (SSSR count). The molecule has 0 unspecified atom stereocenters. The lowest BCUT2D eigenvalue weighted by molar-refractivity contribution is 0.170. The summed E-state index contributed by atoms with van der Waals surface area (Å²) in [7, 11) is 0. The minimum atomic E-state index is 0.0736. The van der Waals surface area contributed by atoms with Crippen molar-refractivity contribution >= 4 is 10.9 Å². The van der Waals surface area contributed by atoms with Crippen molar-refractivity contribution in [2.45, 2.75) is 38.2 Å². The molecule has 0 bridgehead atoms. The number of aromatic amines is 1. The van der Waals surface area contributed by atoms with Crippen molar-refractivity contribution in [3.8, 4) is 5.75 Å². The van der Waals surface area contributed by atoms with E-state index in [-0.39, 0.29) is 6.10 Å². The molecule has 1 radical (unpaired) electrons. The highest BCUT2D eigenvalue weighted by atomic mass is 16.5. The van der Waals surface area contributed by atoms with Crippen LogP contribution in [0.15, 0.2) is 48.7 Å². The lowest BCUT2D eigenvalue weighted by Gasteiger charge is -2.22. The first kappa shape index (κ1) is 14.3.